The Hall–Kier alpha value is -0.930. The van der Waals surface area contributed by atoms with Crippen LogP contribution in [-0.2, 0) is 6.54 Å². The molecule has 1 aromatic carbocycles. The summed E-state index contributed by atoms with van der Waals surface area (Å²) in [6.07, 6.45) is 2.43. The Morgan fingerprint density at radius 3 is 2.78 bits per heavy atom. The minimum absolute atomic E-state index is 0.264. The van der Waals surface area contributed by atoms with E-state index in [2.05, 4.69) is 19.2 Å². The van der Waals surface area contributed by atoms with Crippen LogP contribution in [0.1, 0.15) is 32.3 Å². The van der Waals surface area contributed by atoms with Crippen LogP contribution >= 0.6 is 11.6 Å². The molecule has 18 heavy (non-hydrogen) atoms. The van der Waals surface area contributed by atoms with E-state index >= 15 is 0 Å². The van der Waals surface area contributed by atoms with Crippen molar-refractivity contribution in [1.29, 1.82) is 0 Å². The van der Waals surface area contributed by atoms with Gasteiger partial charge >= 0.3 is 0 Å². The summed E-state index contributed by atoms with van der Waals surface area (Å²) in [6.45, 7) is 6.58. The number of rotatable bonds is 6. The molecule has 0 fully saturated rings. The first-order valence-electron chi connectivity index (χ1n) is 6.53. The van der Waals surface area contributed by atoms with Gasteiger partial charge in [0.25, 0.3) is 0 Å². The van der Waals surface area contributed by atoms with Gasteiger partial charge in [-0.2, -0.15) is 0 Å². The first kappa shape index (κ1) is 13.5. The van der Waals surface area contributed by atoms with E-state index in [1.54, 1.807) is 0 Å². The van der Waals surface area contributed by atoms with E-state index in [4.69, 9.17) is 21.1 Å². The van der Waals surface area contributed by atoms with Crippen molar-refractivity contribution in [3.05, 3.63) is 22.7 Å². The Bertz CT molecular complexity index is 405. The molecule has 100 valence electrons. The molecule has 0 bridgehead atoms. The molecule has 0 radical (unpaired) electrons. The minimum atomic E-state index is 0.264. The Kier molecular flexibility index (Phi) is 4.72. The largest absolute Gasteiger partial charge is 0.454 e. The van der Waals surface area contributed by atoms with Crippen LogP contribution in [0.4, 0.5) is 0 Å². The van der Waals surface area contributed by atoms with Gasteiger partial charge in [-0.15, -0.1) is 0 Å². The summed E-state index contributed by atoms with van der Waals surface area (Å²) < 4.78 is 10.6. The van der Waals surface area contributed by atoms with Crippen molar-refractivity contribution in [3.8, 4) is 11.5 Å². The molecule has 0 aliphatic carbocycles. The van der Waals surface area contributed by atoms with Gasteiger partial charge in [-0.05, 0) is 30.2 Å². The smallest absolute Gasteiger partial charge is 0.231 e. The molecule has 0 spiro atoms. The van der Waals surface area contributed by atoms with Crippen LogP contribution in [0, 0.1) is 5.92 Å². The van der Waals surface area contributed by atoms with Crippen molar-refractivity contribution in [2.24, 2.45) is 5.92 Å². The highest BCUT2D eigenvalue weighted by Crippen LogP contribution is 2.39. The quantitative estimate of drug-likeness (QED) is 0.856. The lowest BCUT2D eigenvalue weighted by Gasteiger charge is -2.13. The van der Waals surface area contributed by atoms with Crippen LogP contribution in [0.2, 0.25) is 5.02 Å². The van der Waals surface area contributed by atoms with Gasteiger partial charge in [-0.25, -0.2) is 0 Å². The predicted molar refractivity (Wildman–Crippen MR) is 73.4 cm³/mol. The Morgan fingerprint density at radius 2 is 2.06 bits per heavy atom. The molecule has 1 heterocycles. The van der Waals surface area contributed by atoms with E-state index in [0.717, 1.165) is 30.3 Å². The van der Waals surface area contributed by atoms with Gasteiger partial charge in [0, 0.05) is 6.54 Å². The van der Waals surface area contributed by atoms with E-state index in [9.17, 15) is 0 Å². The fourth-order valence-corrected chi connectivity index (χ4v) is 2.41. The van der Waals surface area contributed by atoms with E-state index < -0.39 is 0 Å². The fourth-order valence-electron chi connectivity index (χ4n) is 2.12. The molecule has 0 amide bonds. The number of hydrogen-bond acceptors (Lipinski definition) is 3. The van der Waals surface area contributed by atoms with E-state index in [0.29, 0.717) is 10.8 Å². The number of ether oxygens (including phenoxy) is 2. The van der Waals surface area contributed by atoms with Gasteiger partial charge in [-0.1, -0.05) is 38.3 Å². The number of hydrogen-bond donors (Lipinski definition) is 1. The Balaban J connectivity index is 1.92. The zero-order chi connectivity index (χ0) is 13.0. The average molecular weight is 270 g/mol. The SMILES string of the molecule is CCC(CC)CNCc1cc(Cl)c2c(c1)OCO2. The van der Waals surface area contributed by atoms with Crippen LogP contribution in [-0.4, -0.2) is 13.3 Å². The molecule has 0 unspecified atom stereocenters. The summed E-state index contributed by atoms with van der Waals surface area (Å²) in [7, 11) is 0. The molecule has 1 aromatic rings. The summed E-state index contributed by atoms with van der Waals surface area (Å²) in [5, 5.41) is 4.10. The van der Waals surface area contributed by atoms with Crippen molar-refractivity contribution < 1.29 is 9.47 Å². The molecule has 1 aliphatic rings. The summed E-state index contributed by atoms with van der Waals surface area (Å²) in [4.78, 5) is 0. The van der Waals surface area contributed by atoms with Crippen molar-refractivity contribution in [1.82, 2.24) is 5.32 Å². The van der Waals surface area contributed by atoms with Crippen LogP contribution in [0.25, 0.3) is 0 Å². The normalized spacial score (nSPS) is 13.3. The van der Waals surface area contributed by atoms with E-state index in [1.165, 1.54) is 12.8 Å². The lowest BCUT2D eigenvalue weighted by atomic mass is 10.0. The first-order chi connectivity index (χ1) is 8.74. The maximum absolute atomic E-state index is 6.14. The van der Waals surface area contributed by atoms with Gasteiger partial charge < -0.3 is 14.8 Å². The maximum Gasteiger partial charge on any atom is 0.231 e. The first-order valence-corrected chi connectivity index (χ1v) is 6.91. The molecule has 2 rings (SSSR count). The number of nitrogens with one attached hydrogen (secondary N) is 1. The van der Waals surface area contributed by atoms with Gasteiger partial charge in [0.15, 0.2) is 11.5 Å². The van der Waals surface area contributed by atoms with Gasteiger partial charge in [0.05, 0.1) is 5.02 Å². The summed E-state index contributed by atoms with van der Waals surface area (Å²) in [5.74, 6) is 2.16. The molecular weight excluding hydrogens is 250 g/mol. The second-order valence-corrected chi connectivity index (χ2v) is 5.03. The average Bonchev–Trinajstić information content (AvgIpc) is 2.83. The zero-order valence-electron chi connectivity index (χ0n) is 11.0. The van der Waals surface area contributed by atoms with E-state index in [-0.39, 0.29) is 6.79 Å². The Morgan fingerprint density at radius 1 is 1.28 bits per heavy atom. The topological polar surface area (TPSA) is 30.5 Å². The van der Waals surface area contributed by atoms with Crippen LogP contribution in [0.15, 0.2) is 12.1 Å². The standard InChI is InChI=1S/C14H20ClNO2/c1-3-10(4-2)7-16-8-11-5-12(15)14-13(6-11)17-9-18-14/h5-6,10,16H,3-4,7-9H2,1-2H3. The number of benzene rings is 1. The third-order valence-electron chi connectivity index (χ3n) is 3.40. The van der Waals surface area contributed by atoms with Crippen molar-refractivity contribution in [3.63, 3.8) is 0 Å². The highest BCUT2D eigenvalue weighted by atomic mass is 35.5. The molecule has 0 saturated carbocycles. The maximum atomic E-state index is 6.14. The van der Waals surface area contributed by atoms with E-state index in [1.807, 2.05) is 12.1 Å². The van der Waals surface area contributed by atoms with Crippen molar-refractivity contribution >= 4 is 11.6 Å². The lowest BCUT2D eigenvalue weighted by molar-refractivity contribution is 0.174. The van der Waals surface area contributed by atoms with Gasteiger partial charge in [-0.3, -0.25) is 0 Å². The molecule has 3 nitrogen and oxygen atoms in total. The number of halogens is 1. The highest BCUT2D eigenvalue weighted by Gasteiger charge is 2.18. The van der Waals surface area contributed by atoms with Crippen LogP contribution in [0.3, 0.4) is 0 Å². The summed E-state index contributed by atoms with van der Waals surface area (Å²) in [5.41, 5.74) is 1.13. The Labute approximate surface area is 113 Å². The number of fused-ring (bicyclic) bond motifs is 1. The molecule has 1 aliphatic heterocycles. The lowest BCUT2D eigenvalue weighted by Crippen LogP contribution is -2.21. The third-order valence-corrected chi connectivity index (χ3v) is 3.68. The van der Waals surface area contributed by atoms with Crippen LogP contribution in [0.5, 0.6) is 11.5 Å². The van der Waals surface area contributed by atoms with Gasteiger partial charge in [0.1, 0.15) is 0 Å². The highest BCUT2D eigenvalue weighted by molar-refractivity contribution is 6.32. The summed E-state index contributed by atoms with van der Waals surface area (Å²) >= 11 is 6.14. The minimum Gasteiger partial charge on any atom is -0.454 e. The molecule has 4 heteroatoms. The summed E-state index contributed by atoms with van der Waals surface area (Å²) in [6, 6.07) is 3.93. The van der Waals surface area contributed by atoms with Crippen molar-refractivity contribution in [2.75, 3.05) is 13.3 Å². The molecule has 0 saturated heterocycles. The third kappa shape index (κ3) is 3.09. The molecular formula is C14H20ClNO2. The monoisotopic (exact) mass is 269 g/mol. The van der Waals surface area contributed by atoms with Gasteiger partial charge in [0.2, 0.25) is 6.79 Å². The molecule has 0 aromatic heterocycles. The fraction of sp³-hybridized carbons (Fsp3) is 0.571. The van der Waals surface area contributed by atoms with Crippen molar-refractivity contribution in [2.45, 2.75) is 33.2 Å². The zero-order valence-corrected chi connectivity index (χ0v) is 11.7. The molecule has 0 atom stereocenters. The van der Waals surface area contributed by atoms with Crippen LogP contribution < -0.4 is 14.8 Å². The second kappa shape index (κ2) is 6.30. The predicted octanol–water partition coefficient (Wildman–Crippen LogP) is 3.59. The molecule has 1 N–H and O–H groups in total. The second-order valence-electron chi connectivity index (χ2n) is 4.62.